The first kappa shape index (κ1) is 23.2. The second-order valence-corrected chi connectivity index (χ2v) is 8.96. The molecule has 0 bridgehead atoms. The van der Waals surface area contributed by atoms with Gasteiger partial charge in [-0.1, -0.05) is 25.1 Å². The molecule has 1 aliphatic carbocycles. The summed E-state index contributed by atoms with van der Waals surface area (Å²) in [6.45, 7) is 5.66. The fourth-order valence-electron chi connectivity index (χ4n) is 3.11. The lowest BCUT2D eigenvalue weighted by atomic mass is 9.87. The molecule has 0 radical (unpaired) electrons. The molecular weight excluding hydrogens is 461 g/mol. The molecule has 148 valence electrons. The highest BCUT2D eigenvalue weighted by Gasteiger charge is 2.19. The predicted molar refractivity (Wildman–Crippen MR) is 119 cm³/mol. The van der Waals surface area contributed by atoms with Crippen LogP contribution in [0.15, 0.2) is 40.2 Å². The lowest BCUT2D eigenvalue weighted by molar-refractivity contribution is 0.329. The molecule has 2 N–H and O–H groups in total. The number of hydrogen-bond acceptors (Lipinski definition) is 3. The van der Waals surface area contributed by atoms with Crippen molar-refractivity contribution in [3.8, 4) is 0 Å². The van der Waals surface area contributed by atoms with E-state index in [0.717, 1.165) is 18.4 Å². The Balaban J connectivity index is 0.00000338. The maximum absolute atomic E-state index is 12.3. The van der Waals surface area contributed by atoms with Gasteiger partial charge in [-0.3, -0.25) is 4.99 Å². The fourth-order valence-corrected chi connectivity index (χ4v) is 4.43. The first-order valence-electron chi connectivity index (χ1n) is 9.34. The highest BCUT2D eigenvalue weighted by atomic mass is 127. The third-order valence-electron chi connectivity index (χ3n) is 4.64. The first-order valence-corrected chi connectivity index (χ1v) is 11.0. The molecule has 26 heavy (non-hydrogen) atoms. The molecule has 1 aromatic rings. The van der Waals surface area contributed by atoms with E-state index in [9.17, 15) is 8.42 Å². The summed E-state index contributed by atoms with van der Waals surface area (Å²) in [5, 5.41) is 6.76. The average molecular weight is 493 g/mol. The number of guanidine groups is 1. The molecule has 1 aromatic carbocycles. The Morgan fingerprint density at radius 1 is 1.15 bits per heavy atom. The molecule has 1 fully saturated rings. The highest BCUT2D eigenvalue weighted by molar-refractivity contribution is 14.0. The molecular formula is C19H32IN3O2S. The van der Waals surface area contributed by atoms with E-state index in [1.807, 2.05) is 13.0 Å². The van der Waals surface area contributed by atoms with Crippen molar-refractivity contribution in [3.05, 3.63) is 30.3 Å². The van der Waals surface area contributed by atoms with Crippen molar-refractivity contribution in [2.45, 2.75) is 56.9 Å². The zero-order valence-electron chi connectivity index (χ0n) is 15.8. The Morgan fingerprint density at radius 2 is 1.81 bits per heavy atom. The maximum Gasteiger partial charge on any atom is 0.191 e. The number of hydrogen-bond donors (Lipinski definition) is 2. The Kier molecular flexibility index (Phi) is 10.5. The first-order chi connectivity index (χ1) is 12.0. The zero-order valence-corrected chi connectivity index (χ0v) is 18.9. The number of rotatable bonds is 7. The van der Waals surface area contributed by atoms with E-state index in [2.05, 4.69) is 22.5 Å². The summed E-state index contributed by atoms with van der Waals surface area (Å²) in [7, 11) is -3.21. The van der Waals surface area contributed by atoms with E-state index in [0.29, 0.717) is 23.9 Å². The van der Waals surface area contributed by atoms with Gasteiger partial charge >= 0.3 is 0 Å². The van der Waals surface area contributed by atoms with E-state index >= 15 is 0 Å². The predicted octanol–water partition coefficient (Wildman–Crippen LogP) is 3.60. The fraction of sp³-hybridized carbons (Fsp3) is 0.632. The summed E-state index contributed by atoms with van der Waals surface area (Å²) in [4.78, 5) is 4.94. The number of aliphatic imine (C=N–C) groups is 1. The van der Waals surface area contributed by atoms with Gasteiger partial charge in [0.25, 0.3) is 0 Å². The lowest BCUT2D eigenvalue weighted by Crippen LogP contribution is -2.44. The second-order valence-electron chi connectivity index (χ2n) is 6.85. The number of benzene rings is 1. The van der Waals surface area contributed by atoms with Gasteiger partial charge in [0.2, 0.25) is 0 Å². The topological polar surface area (TPSA) is 70.6 Å². The summed E-state index contributed by atoms with van der Waals surface area (Å²) >= 11 is 0. The number of halogens is 1. The minimum Gasteiger partial charge on any atom is -0.357 e. The zero-order chi connectivity index (χ0) is 18.1. The van der Waals surface area contributed by atoms with E-state index in [1.54, 1.807) is 24.3 Å². The van der Waals surface area contributed by atoms with Crippen LogP contribution in [0.25, 0.3) is 0 Å². The van der Waals surface area contributed by atoms with Crippen LogP contribution < -0.4 is 10.6 Å². The monoisotopic (exact) mass is 493 g/mol. The molecule has 1 saturated carbocycles. The molecule has 0 amide bonds. The summed E-state index contributed by atoms with van der Waals surface area (Å²) in [6.07, 6.45) is 5.39. The minimum atomic E-state index is -3.21. The van der Waals surface area contributed by atoms with Gasteiger partial charge in [-0.2, -0.15) is 0 Å². The summed E-state index contributed by atoms with van der Waals surface area (Å²) in [6, 6.07) is 9.10. The van der Waals surface area contributed by atoms with Crippen molar-refractivity contribution in [2.75, 3.05) is 18.8 Å². The molecule has 1 aliphatic rings. The number of nitrogens with zero attached hydrogens (tertiary/aromatic N) is 1. The third-order valence-corrected chi connectivity index (χ3v) is 6.46. The molecule has 0 unspecified atom stereocenters. The lowest BCUT2D eigenvalue weighted by Gasteiger charge is -2.28. The molecule has 0 aliphatic heterocycles. The van der Waals surface area contributed by atoms with Crippen molar-refractivity contribution in [3.63, 3.8) is 0 Å². The van der Waals surface area contributed by atoms with Crippen molar-refractivity contribution >= 4 is 39.8 Å². The van der Waals surface area contributed by atoms with Crippen molar-refractivity contribution in [2.24, 2.45) is 10.9 Å². The minimum absolute atomic E-state index is 0. The van der Waals surface area contributed by atoms with Crippen LogP contribution in [0.1, 0.15) is 46.0 Å². The van der Waals surface area contributed by atoms with Gasteiger partial charge < -0.3 is 10.6 Å². The van der Waals surface area contributed by atoms with E-state index in [4.69, 9.17) is 0 Å². The van der Waals surface area contributed by atoms with Crippen LogP contribution in [0.5, 0.6) is 0 Å². The molecule has 0 saturated heterocycles. The normalized spacial score (nSPS) is 20.9. The molecule has 7 heteroatoms. The Morgan fingerprint density at radius 3 is 2.42 bits per heavy atom. The largest absolute Gasteiger partial charge is 0.357 e. The number of sulfone groups is 1. The molecule has 0 spiro atoms. The Hall–Kier alpha value is -0.830. The third kappa shape index (κ3) is 7.82. The van der Waals surface area contributed by atoms with Gasteiger partial charge in [0.1, 0.15) is 0 Å². The standard InChI is InChI=1S/C19H31N3O2S.HI/c1-3-20-19(22-17-12-10-16(2)11-13-17)21-14-7-15-25(23,24)18-8-5-4-6-9-18;/h4-6,8-9,16-17H,3,7,10-15H2,1-2H3,(H2,20,21,22);1H. The van der Waals surface area contributed by atoms with E-state index in [-0.39, 0.29) is 29.7 Å². The van der Waals surface area contributed by atoms with Crippen LogP contribution in [0.4, 0.5) is 0 Å². The van der Waals surface area contributed by atoms with E-state index in [1.165, 1.54) is 25.7 Å². The van der Waals surface area contributed by atoms with E-state index < -0.39 is 9.84 Å². The summed E-state index contributed by atoms with van der Waals surface area (Å²) in [5.74, 6) is 1.75. The number of nitrogens with one attached hydrogen (secondary N) is 2. The molecule has 0 heterocycles. The van der Waals surface area contributed by atoms with Crippen molar-refractivity contribution in [1.82, 2.24) is 10.6 Å². The molecule has 5 nitrogen and oxygen atoms in total. The smallest absolute Gasteiger partial charge is 0.191 e. The van der Waals surface area contributed by atoms with Gasteiger partial charge in [-0.15, -0.1) is 24.0 Å². The summed E-state index contributed by atoms with van der Waals surface area (Å²) in [5.41, 5.74) is 0. The maximum atomic E-state index is 12.3. The van der Waals surface area contributed by atoms with Crippen LogP contribution in [-0.2, 0) is 9.84 Å². The molecule has 2 rings (SSSR count). The quantitative estimate of drug-likeness (QED) is 0.264. The average Bonchev–Trinajstić information content (AvgIpc) is 2.61. The SMILES string of the molecule is CCNC(=NCCCS(=O)(=O)c1ccccc1)NC1CCC(C)CC1.I. The van der Waals surface area contributed by atoms with Gasteiger partial charge in [0.05, 0.1) is 10.6 Å². The second kappa shape index (κ2) is 11.8. The van der Waals surface area contributed by atoms with Crippen molar-refractivity contribution < 1.29 is 8.42 Å². The van der Waals surface area contributed by atoms with Crippen LogP contribution in [-0.4, -0.2) is 39.3 Å². The van der Waals surface area contributed by atoms with Crippen LogP contribution in [0, 0.1) is 5.92 Å². The molecule has 0 aromatic heterocycles. The highest BCUT2D eigenvalue weighted by Crippen LogP contribution is 2.23. The van der Waals surface area contributed by atoms with Crippen LogP contribution in [0.3, 0.4) is 0 Å². The van der Waals surface area contributed by atoms with Gasteiger partial charge in [0.15, 0.2) is 15.8 Å². The van der Waals surface area contributed by atoms with Gasteiger partial charge in [0, 0.05) is 19.1 Å². The van der Waals surface area contributed by atoms with Crippen LogP contribution >= 0.6 is 24.0 Å². The van der Waals surface area contributed by atoms with Crippen LogP contribution in [0.2, 0.25) is 0 Å². The Bertz CT molecular complexity index is 642. The van der Waals surface area contributed by atoms with Gasteiger partial charge in [-0.05, 0) is 57.1 Å². The Labute approximate surface area is 175 Å². The van der Waals surface area contributed by atoms with Gasteiger partial charge in [-0.25, -0.2) is 8.42 Å². The molecule has 0 atom stereocenters. The summed E-state index contributed by atoms with van der Waals surface area (Å²) < 4.78 is 24.5. The van der Waals surface area contributed by atoms with Crippen molar-refractivity contribution in [1.29, 1.82) is 0 Å².